The van der Waals surface area contributed by atoms with Gasteiger partial charge in [-0.15, -0.1) is 0 Å². The van der Waals surface area contributed by atoms with E-state index in [1.54, 1.807) is 12.1 Å². The van der Waals surface area contributed by atoms with E-state index in [1.807, 2.05) is 11.6 Å². The largest absolute Gasteiger partial charge is 0.418 e. The van der Waals surface area contributed by atoms with Crippen LogP contribution in [0.25, 0.3) is 0 Å². The van der Waals surface area contributed by atoms with E-state index in [0.29, 0.717) is 6.07 Å². The Morgan fingerprint density at radius 3 is 2.22 bits per heavy atom. The molecule has 27 heavy (non-hydrogen) atoms. The molecule has 146 valence electrons. The van der Waals surface area contributed by atoms with Gasteiger partial charge in [0.05, 0.1) is 16.1 Å². The van der Waals surface area contributed by atoms with E-state index in [0.717, 1.165) is 31.4 Å². The number of hydrogen-bond donors (Lipinski definition) is 2. The molecule has 0 aliphatic heterocycles. The Labute approximate surface area is 155 Å². The van der Waals surface area contributed by atoms with Crippen LogP contribution >= 0.6 is 0 Å². The Bertz CT molecular complexity index is 924. The summed E-state index contributed by atoms with van der Waals surface area (Å²) in [6.07, 6.45) is -3.14. The lowest BCUT2D eigenvalue weighted by molar-refractivity contribution is -0.136. The first-order chi connectivity index (χ1) is 12.5. The molecule has 0 saturated heterocycles. The first-order valence-electron chi connectivity index (χ1n) is 8.13. The lowest BCUT2D eigenvalue weighted by atomic mass is 10.1. The van der Waals surface area contributed by atoms with Crippen molar-refractivity contribution in [1.82, 2.24) is 0 Å². The number of carbonyl (C=O) groups excluding carboxylic acids is 1. The van der Waals surface area contributed by atoms with E-state index in [9.17, 15) is 26.4 Å². The van der Waals surface area contributed by atoms with Gasteiger partial charge >= 0.3 is 6.18 Å². The van der Waals surface area contributed by atoms with Gasteiger partial charge in [-0.3, -0.25) is 9.52 Å². The number of amides is 1. The highest BCUT2D eigenvalue weighted by molar-refractivity contribution is 7.92. The first kappa shape index (κ1) is 20.8. The molecule has 0 aliphatic rings. The Hall–Kier alpha value is -2.55. The fraction of sp³-hybridized carbons (Fsp3) is 0.278. The van der Waals surface area contributed by atoms with Crippen LogP contribution in [-0.4, -0.2) is 14.3 Å². The third-order valence-electron chi connectivity index (χ3n) is 3.66. The standard InChI is InChI=1S/C18H19F3N2O3S/c1-3-4-13-5-8-15(9-6-13)27(25,26)23-17-10-7-14(22-12(2)24)11-16(17)18(19,20)21/h5-11,23H,3-4H2,1-2H3,(H,22,24). The number of nitrogens with one attached hydrogen (secondary N) is 2. The van der Waals surface area contributed by atoms with Crippen molar-refractivity contribution in [2.24, 2.45) is 0 Å². The van der Waals surface area contributed by atoms with Crippen molar-refractivity contribution < 1.29 is 26.4 Å². The third kappa shape index (κ3) is 5.46. The van der Waals surface area contributed by atoms with Gasteiger partial charge in [0.15, 0.2) is 0 Å². The molecule has 1 amide bonds. The molecule has 0 unspecified atom stereocenters. The topological polar surface area (TPSA) is 75.3 Å². The van der Waals surface area contributed by atoms with E-state index in [2.05, 4.69) is 5.32 Å². The van der Waals surface area contributed by atoms with Crippen LogP contribution in [0, 0.1) is 0 Å². The maximum Gasteiger partial charge on any atom is 0.418 e. The Balaban J connectivity index is 2.38. The molecule has 2 aromatic carbocycles. The Kier molecular flexibility index (Phi) is 6.15. The van der Waals surface area contributed by atoms with Crippen molar-refractivity contribution in [3.8, 4) is 0 Å². The van der Waals surface area contributed by atoms with E-state index < -0.39 is 33.4 Å². The molecule has 0 radical (unpaired) electrons. The monoisotopic (exact) mass is 400 g/mol. The predicted molar refractivity (Wildman–Crippen MR) is 97.0 cm³/mol. The molecule has 0 fully saturated rings. The fourth-order valence-electron chi connectivity index (χ4n) is 2.48. The molecule has 0 aliphatic carbocycles. The molecule has 2 N–H and O–H groups in total. The zero-order valence-electron chi connectivity index (χ0n) is 14.7. The average Bonchev–Trinajstić information content (AvgIpc) is 2.55. The molecule has 0 heterocycles. The Morgan fingerprint density at radius 1 is 1.07 bits per heavy atom. The molecule has 0 bridgehead atoms. The molecule has 0 atom stereocenters. The number of rotatable bonds is 6. The van der Waals surface area contributed by atoms with E-state index in [4.69, 9.17) is 0 Å². The number of aryl methyl sites for hydroxylation is 1. The second-order valence-electron chi connectivity index (χ2n) is 5.94. The second-order valence-corrected chi connectivity index (χ2v) is 7.62. The second kappa shape index (κ2) is 7.99. The predicted octanol–water partition coefficient (Wildman–Crippen LogP) is 4.42. The van der Waals surface area contributed by atoms with E-state index in [1.165, 1.54) is 18.2 Å². The fourth-order valence-corrected chi connectivity index (χ4v) is 3.56. The van der Waals surface area contributed by atoms with Crippen LogP contribution in [0.3, 0.4) is 0 Å². The van der Waals surface area contributed by atoms with E-state index in [-0.39, 0.29) is 10.6 Å². The summed E-state index contributed by atoms with van der Waals surface area (Å²) in [7, 11) is -4.20. The number of benzene rings is 2. The molecule has 5 nitrogen and oxygen atoms in total. The maximum atomic E-state index is 13.3. The Morgan fingerprint density at radius 2 is 1.70 bits per heavy atom. The third-order valence-corrected chi connectivity index (χ3v) is 5.04. The zero-order valence-corrected chi connectivity index (χ0v) is 15.5. The van der Waals surface area contributed by atoms with Gasteiger partial charge < -0.3 is 5.32 Å². The highest BCUT2D eigenvalue weighted by atomic mass is 32.2. The van der Waals surface area contributed by atoms with Gasteiger partial charge in [0, 0.05) is 12.6 Å². The number of alkyl halides is 3. The van der Waals surface area contributed by atoms with Crippen LogP contribution in [0.15, 0.2) is 47.4 Å². The van der Waals surface area contributed by atoms with Gasteiger partial charge in [-0.1, -0.05) is 25.5 Å². The summed E-state index contributed by atoms with van der Waals surface area (Å²) in [5.41, 5.74) is -0.956. The summed E-state index contributed by atoms with van der Waals surface area (Å²) < 4.78 is 66.9. The molecule has 2 rings (SSSR count). The number of hydrogen-bond acceptors (Lipinski definition) is 3. The minimum Gasteiger partial charge on any atom is -0.326 e. The summed E-state index contributed by atoms with van der Waals surface area (Å²) in [6, 6.07) is 8.81. The molecule has 0 aromatic heterocycles. The molecule has 2 aromatic rings. The lowest BCUT2D eigenvalue weighted by Gasteiger charge is -2.16. The minimum atomic E-state index is -4.81. The normalized spacial score (nSPS) is 11.9. The summed E-state index contributed by atoms with van der Waals surface area (Å²) in [4.78, 5) is 10.9. The molecular weight excluding hydrogens is 381 g/mol. The lowest BCUT2D eigenvalue weighted by Crippen LogP contribution is -2.18. The van der Waals surface area contributed by atoms with Crippen molar-refractivity contribution in [2.45, 2.75) is 37.8 Å². The highest BCUT2D eigenvalue weighted by Gasteiger charge is 2.35. The van der Waals surface area contributed by atoms with Crippen LogP contribution in [0.1, 0.15) is 31.4 Å². The number of anilines is 2. The van der Waals surface area contributed by atoms with Gasteiger partial charge in [0.1, 0.15) is 0 Å². The number of carbonyl (C=O) groups is 1. The number of halogens is 3. The molecular formula is C18H19F3N2O3S. The van der Waals surface area contributed by atoms with Crippen LogP contribution in [0.5, 0.6) is 0 Å². The molecule has 0 saturated carbocycles. The van der Waals surface area contributed by atoms with Crippen LogP contribution in [0.4, 0.5) is 24.5 Å². The van der Waals surface area contributed by atoms with Gasteiger partial charge in [0.2, 0.25) is 5.91 Å². The SMILES string of the molecule is CCCc1ccc(S(=O)(=O)Nc2ccc(NC(C)=O)cc2C(F)(F)F)cc1. The smallest absolute Gasteiger partial charge is 0.326 e. The van der Waals surface area contributed by atoms with Crippen LogP contribution in [0.2, 0.25) is 0 Å². The number of sulfonamides is 1. The van der Waals surface area contributed by atoms with E-state index >= 15 is 0 Å². The van der Waals surface area contributed by atoms with Crippen LogP contribution in [-0.2, 0) is 27.4 Å². The average molecular weight is 400 g/mol. The quantitative estimate of drug-likeness (QED) is 0.754. The van der Waals surface area contributed by atoms with Gasteiger partial charge in [0.25, 0.3) is 10.0 Å². The first-order valence-corrected chi connectivity index (χ1v) is 9.62. The highest BCUT2D eigenvalue weighted by Crippen LogP contribution is 2.37. The minimum absolute atomic E-state index is 0.0818. The van der Waals surface area contributed by atoms with Crippen molar-refractivity contribution >= 4 is 27.3 Å². The maximum absolute atomic E-state index is 13.3. The zero-order chi connectivity index (χ0) is 20.2. The summed E-state index contributed by atoms with van der Waals surface area (Å²) in [6.45, 7) is 3.14. The van der Waals surface area contributed by atoms with Crippen molar-refractivity contribution in [1.29, 1.82) is 0 Å². The van der Waals surface area contributed by atoms with Crippen molar-refractivity contribution in [3.63, 3.8) is 0 Å². The van der Waals surface area contributed by atoms with Crippen LogP contribution < -0.4 is 10.0 Å². The van der Waals surface area contributed by atoms with Crippen molar-refractivity contribution in [3.05, 3.63) is 53.6 Å². The summed E-state index contributed by atoms with van der Waals surface area (Å²) in [5, 5.41) is 2.24. The summed E-state index contributed by atoms with van der Waals surface area (Å²) >= 11 is 0. The van der Waals surface area contributed by atoms with Crippen molar-refractivity contribution in [2.75, 3.05) is 10.0 Å². The molecule has 9 heteroatoms. The molecule has 0 spiro atoms. The van der Waals surface area contributed by atoms with Gasteiger partial charge in [-0.2, -0.15) is 13.2 Å². The van der Waals surface area contributed by atoms with Gasteiger partial charge in [-0.05, 0) is 42.3 Å². The summed E-state index contributed by atoms with van der Waals surface area (Å²) in [5.74, 6) is -0.538. The van der Waals surface area contributed by atoms with Gasteiger partial charge in [-0.25, -0.2) is 8.42 Å².